The lowest BCUT2D eigenvalue weighted by Gasteiger charge is -2.20. The molecule has 0 fully saturated rings. The van der Waals surface area contributed by atoms with Gasteiger partial charge in [-0.2, -0.15) is 0 Å². The molecule has 4 aromatic heterocycles. The van der Waals surface area contributed by atoms with Gasteiger partial charge in [0.15, 0.2) is 5.78 Å². The first kappa shape index (κ1) is 64.9. The number of benzene rings is 2. The second-order valence-electron chi connectivity index (χ2n) is 21.3. The summed E-state index contributed by atoms with van der Waals surface area (Å²) in [6.45, 7) is 24.5. The molecule has 0 aliphatic heterocycles. The van der Waals surface area contributed by atoms with Crippen molar-refractivity contribution in [2.24, 2.45) is 21.5 Å². The van der Waals surface area contributed by atoms with Gasteiger partial charge >= 0.3 is 12.1 Å². The highest BCUT2D eigenvalue weighted by atomic mass is 32.1. The van der Waals surface area contributed by atoms with Crippen LogP contribution in [0.1, 0.15) is 126 Å². The van der Waals surface area contributed by atoms with Gasteiger partial charge in [-0.05, 0) is 99.3 Å². The van der Waals surface area contributed by atoms with Crippen LogP contribution in [0.25, 0.3) is 22.5 Å². The molecule has 0 bridgehead atoms. The summed E-state index contributed by atoms with van der Waals surface area (Å²) >= 11 is 2.73. The number of carboxylic acids is 1. The largest absolute Gasteiger partial charge is 0.477 e. The topological polar surface area (TPSA) is 277 Å². The fraction of sp³-hybridized carbons (Fsp3) is 0.407. The van der Waals surface area contributed by atoms with Crippen LogP contribution in [0.3, 0.4) is 0 Å². The number of ketones is 1. The third kappa shape index (κ3) is 22.3. The quantitative estimate of drug-likeness (QED) is 0.0254. The van der Waals surface area contributed by atoms with Crippen molar-refractivity contribution >= 4 is 58.9 Å². The van der Waals surface area contributed by atoms with Gasteiger partial charge in [0, 0.05) is 92.8 Å². The van der Waals surface area contributed by atoms with E-state index >= 15 is 0 Å². The number of thiazole rings is 2. The second kappa shape index (κ2) is 31.3. The number of nitrogens with two attached hydrogens (primary N) is 2. The number of Topliss-reactive ketones (excluding diaryl/α,β-unsaturated/α-hetero) is 1. The number of aromatic nitrogens is 6. The average Bonchev–Trinajstić information content (AvgIpc) is 4.14. The second-order valence-corrected chi connectivity index (χ2v) is 23.3. The summed E-state index contributed by atoms with van der Waals surface area (Å²) in [4.78, 5) is 71.1. The van der Waals surface area contributed by atoms with Crippen molar-refractivity contribution in [1.82, 2.24) is 35.2 Å². The van der Waals surface area contributed by atoms with E-state index in [1.54, 1.807) is 45.2 Å². The van der Waals surface area contributed by atoms with E-state index < -0.39 is 17.7 Å². The summed E-state index contributed by atoms with van der Waals surface area (Å²) < 4.78 is 15.3. The minimum atomic E-state index is -0.900. The standard InChI is InChI=1S/C27H34N6O2S.C24H33N5O3.C8H11NO2S/c1-18-14-20(22-10-11-30-26(33-22)32-21(15-28)16-29-12-13-35-5)7-6-19(18)8-9-23(34)24-17-31-25(36-24)27(2,3)4;1-17-12-19(6-7-20(17)16-28-23(30)32-24(2,3)4)21-8-9-27-22(29-21)13-18(14-25)15-26-10-11-31-5;1-8(2,3)7-9-4-5(12-7)6(10)11/h6-7,10-11,14-17H,8-9,12-13,28H2,1-5H3,(H,30,32,33);6-9,12,14-15H,10-11,13,16,25H2,1-5H3,(H,28,30);4H,1-3H3,(H,10,11). The molecule has 0 atom stereocenters. The number of rotatable bonds is 21. The van der Waals surface area contributed by atoms with Gasteiger partial charge in [-0.3, -0.25) is 14.8 Å². The summed E-state index contributed by atoms with van der Waals surface area (Å²) in [5.74, 6) is 0.315. The van der Waals surface area contributed by atoms with Gasteiger partial charge in [0.1, 0.15) is 16.3 Å². The number of allylic oxidation sites excluding steroid dienone is 2. The van der Waals surface area contributed by atoms with Crippen LogP contribution in [-0.2, 0) is 44.4 Å². The zero-order valence-corrected chi connectivity index (χ0v) is 50.0. The van der Waals surface area contributed by atoms with Crippen molar-refractivity contribution in [2.45, 2.75) is 118 Å². The van der Waals surface area contributed by atoms with Gasteiger partial charge < -0.3 is 41.4 Å². The predicted octanol–water partition coefficient (Wildman–Crippen LogP) is 10.7. The Morgan fingerprint density at radius 3 is 1.76 bits per heavy atom. The van der Waals surface area contributed by atoms with Crippen LogP contribution < -0.4 is 22.1 Å². The maximum Gasteiger partial charge on any atom is 0.407 e. The number of carbonyl (C=O) groups excluding carboxylic acids is 2. The van der Waals surface area contributed by atoms with Crippen LogP contribution in [0.2, 0.25) is 0 Å². The van der Waals surface area contributed by atoms with Crippen molar-refractivity contribution in [2.75, 3.05) is 45.8 Å². The molecule has 2 aromatic carbocycles. The van der Waals surface area contributed by atoms with Gasteiger partial charge in [0.2, 0.25) is 5.95 Å². The summed E-state index contributed by atoms with van der Waals surface area (Å²) in [5, 5.41) is 16.4. The molecule has 428 valence electrons. The summed E-state index contributed by atoms with van der Waals surface area (Å²) in [7, 11) is 3.27. The molecule has 80 heavy (non-hydrogen) atoms. The Hall–Kier alpha value is -7.59. The molecule has 7 N–H and O–H groups in total. The van der Waals surface area contributed by atoms with Crippen LogP contribution in [0.4, 0.5) is 10.7 Å². The zero-order valence-electron chi connectivity index (χ0n) is 48.3. The first-order valence-electron chi connectivity index (χ1n) is 25.9. The lowest BCUT2D eigenvalue weighted by molar-refractivity contribution is 0.0522. The van der Waals surface area contributed by atoms with Crippen molar-refractivity contribution < 1.29 is 33.7 Å². The Bertz CT molecular complexity index is 3110. The number of anilines is 1. The van der Waals surface area contributed by atoms with Crippen LogP contribution in [-0.4, -0.2) is 111 Å². The van der Waals surface area contributed by atoms with Gasteiger partial charge in [0.05, 0.1) is 64.5 Å². The molecule has 0 saturated heterocycles. The van der Waals surface area contributed by atoms with Crippen molar-refractivity contribution in [1.29, 1.82) is 0 Å². The molecule has 19 nitrogen and oxygen atoms in total. The molecular formula is C59H78N12O7S2. The van der Waals surface area contributed by atoms with E-state index in [2.05, 4.69) is 90.3 Å². The van der Waals surface area contributed by atoms with E-state index in [4.69, 9.17) is 30.8 Å². The number of aromatic carboxylic acids is 1. The van der Waals surface area contributed by atoms with Crippen LogP contribution in [0, 0.1) is 13.8 Å². The van der Waals surface area contributed by atoms with E-state index in [1.807, 2.05) is 84.9 Å². The minimum absolute atomic E-state index is 0.0498. The number of nitrogens with one attached hydrogen (secondary N) is 2. The number of aliphatic imine (C=N–C) groups is 2. The number of carboxylic acid groups (broad SMARTS) is 1. The minimum Gasteiger partial charge on any atom is -0.477 e. The maximum absolute atomic E-state index is 12.7. The monoisotopic (exact) mass is 1130 g/mol. The first-order chi connectivity index (χ1) is 37.8. The van der Waals surface area contributed by atoms with Crippen molar-refractivity contribution in [3.63, 3.8) is 0 Å². The molecule has 0 aliphatic rings. The molecule has 4 heterocycles. The highest BCUT2D eigenvalue weighted by molar-refractivity contribution is 7.14. The summed E-state index contributed by atoms with van der Waals surface area (Å²) in [6.07, 6.45) is 14.0. The molecule has 0 unspecified atom stereocenters. The molecule has 21 heteroatoms. The summed E-state index contributed by atoms with van der Waals surface area (Å²) in [5.41, 5.74) is 20.1. The molecule has 6 rings (SSSR count). The van der Waals surface area contributed by atoms with E-state index in [1.165, 1.54) is 41.3 Å². The number of methoxy groups -OCH3 is 2. The van der Waals surface area contributed by atoms with Crippen LogP contribution in [0.5, 0.6) is 0 Å². The number of alkyl carbamates (subject to hydrolysis) is 1. The number of ether oxygens (including phenoxy) is 3. The third-order valence-electron chi connectivity index (χ3n) is 11.2. The molecule has 0 radical (unpaired) electrons. The highest BCUT2D eigenvalue weighted by Crippen LogP contribution is 2.29. The van der Waals surface area contributed by atoms with Gasteiger partial charge in [-0.15, -0.1) is 22.7 Å². The van der Waals surface area contributed by atoms with Crippen LogP contribution >= 0.6 is 22.7 Å². The molecule has 1 amide bonds. The molecule has 0 aliphatic carbocycles. The predicted molar refractivity (Wildman–Crippen MR) is 321 cm³/mol. The number of amides is 1. The van der Waals surface area contributed by atoms with Crippen LogP contribution in [0.15, 0.2) is 107 Å². The van der Waals surface area contributed by atoms with Crippen molar-refractivity contribution in [3.8, 4) is 22.5 Å². The van der Waals surface area contributed by atoms with Crippen molar-refractivity contribution in [3.05, 3.63) is 145 Å². The SMILES string of the molecule is CC(C)(C)c1ncc(C(=O)O)s1.COCCN=CC(=CN)Cc1nccc(-c2ccc(CNC(=O)OC(C)(C)C)c(C)c2)n1.COCCN=CC(=CN)Nc1nccc(-c2ccc(CCC(=O)c3cnc(C(C)(C)C)s3)c(C)c2)n1. The first-order valence-corrected chi connectivity index (χ1v) is 27.5. The fourth-order valence-corrected chi connectivity index (χ4v) is 8.70. The molecule has 6 aromatic rings. The van der Waals surface area contributed by atoms with E-state index in [-0.39, 0.29) is 16.6 Å². The highest BCUT2D eigenvalue weighted by Gasteiger charge is 2.22. The number of aryl methyl sites for hydroxylation is 3. The molecule has 0 saturated carbocycles. The van der Waals surface area contributed by atoms with Gasteiger partial charge in [-0.1, -0.05) is 65.8 Å². The lowest BCUT2D eigenvalue weighted by Crippen LogP contribution is -2.32. The average molecular weight is 1130 g/mol. The fourth-order valence-electron chi connectivity index (χ4n) is 6.95. The Morgan fingerprint density at radius 2 is 1.25 bits per heavy atom. The van der Waals surface area contributed by atoms with Gasteiger partial charge in [-0.25, -0.2) is 39.5 Å². The molecular weight excluding hydrogens is 1050 g/mol. The normalized spacial score (nSPS) is 12.2. The maximum atomic E-state index is 12.7. The zero-order chi connectivity index (χ0) is 59.0. The van der Waals surface area contributed by atoms with E-state index in [9.17, 15) is 14.4 Å². The molecule has 0 spiro atoms. The van der Waals surface area contributed by atoms with E-state index in [0.717, 1.165) is 65.2 Å². The van der Waals surface area contributed by atoms with E-state index in [0.29, 0.717) is 74.5 Å². The Labute approximate surface area is 478 Å². The third-order valence-corrected chi connectivity index (χ3v) is 14.1. The Morgan fingerprint density at radius 1 is 0.700 bits per heavy atom. The lowest BCUT2D eigenvalue weighted by atomic mass is 9.98. The Kier molecular flexibility index (Phi) is 25.4. The number of hydrogen-bond acceptors (Lipinski definition) is 19. The number of nitrogens with zero attached hydrogens (tertiary/aromatic N) is 8. The number of carbonyl (C=O) groups is 3. The Balaban J connectivity index is 0.000000287. The van der Waals surface area contributed by atoms with Gasteiger partial charge in [0.25, 0.3) is 0 Å². The smallest absolute Gasteiger partial charge is 0.407 e. The summed E-state index contributed by atoms with van der Waals surface area (Å²) in [6, 6.07) is 15.9. The number of hydrogen-bond donors (Lipinski definition) is 5.